The predicted octanol–water partition coefficient (Wildman–Crippen LogP) is 6.32. The van der Waals surface area contributed by atoms with Crippen LogP contribution in [0.15, 0.2) is 63.5 Å². The van der Waals surface area contributed by atoms with Crippen LogP contribution < -0.4 is 5.32 Å². The van der Waals surface area contributed by atoms with Crippen molar-refractivity contribution in [1.29, 1.82) is 0 Å². The molecule has 0 aliphatic rings. The maximum atomic E-state index is 12.3. The van der Waals surface area contributed by atoms with Crippen LogP contribution in [0.3, 0.4) is 0 Å². The fourth-order valence-corrected chi connectivity index (χ4v) is 5.07. The van der Waals surface area contributed by atoms with Gasteiger partial charge in [-0.3, -0.25) is 4.79 Å². The summed E-state index contributed by atoms with van der Waals surface area (Å²) in [6.07, 6.45) is 0. The van der Waals surface area contributed by atoms with Crippen molar-refractivity contribution < 1.29 is 4.79 Å². The minimum Gasteiger partial charge on any atom is -0.325 e. The Morgan fingerprint density at radius 2 is 1.81 bits per heavy atom. The Morgan fingerprint density at radius 1 is 1.10 bits per heavy atom. The van der Waals surface area contributed by atoms with Gasteiger partial charge in [-0.1, -0.05) is 57.5 Å². The summed E-state index contributed by atoms with van der Waals surface area (Å²) < 4.78 is 2.93. The normalized spacial score (nSPS) is 11.0. The van der Waals surface area contributed by atoms with E-state index in [1.807, 2.05) is 35.9 Å². The molecule has 1 amide bonds. The number of thioether (sulfide) groups is 1. The number of aryl methyl sites for hydroxylation is 2. The first-order valence-electron chi connectivity index (χ1n) is 9.65. The third-order valence-electron chi connectivity index (χ3n) is 4.85. The van der Waals surface area contributed by atoms with E-state index in [0.29, 0.717) is 5.16 Å². The average molecular weight is 513 g/mol. The molecule has 0 aliphatic heterocycles. The van der Waals surface area contributed by atoms with Gasteiger partial charge in [0, 0.05) is 38.6 Å². The van der Waals surface area contributed by atoms with Gasteiger partial charge in [0.15, 0.2) is 11.0 Å². The number of amides is 1. The number of halogens is 1. The summed E-state index contributed by atoms with van der Waals surface area (Å²) in [5.74, 6) is 0.981. The van der Waals surface area contributed by atoms with Crippen LogP contribution in [0, 0.1) is 13.8 Å². The molecule has 5 nitrogen and oxygen atoms in total. The summed E-state index contributed by atoms with van der Waals surface area (Å²) >= 11 is 6.48. The van der Waals surface area contributed by atoms with Gasteiger partial charge in [0.25, 0.3) is 0 Å². The summed E-state index contributed by atoms with van der Waals surface area (Å²) in [7, 11) is 1.94. The van der Waals surface area contributed by atoms with E-state index in [0.717, 1.165) is 21.5 Å². The van der Waals surface area contributed by atoms with Gasteiger partial charge in [-0.05, 0) is 43.7 Å². The molecule has 0 fully saturated rings. The van der Waals surface area contributed by atoms with E-state index in [-0.39, 0.29) is 11.7 Å². The summed E-state index contributed by atoms with van der Waals surface area (Å²) in [4.78, 5) is 13.6. The molecule has 0 saturated carbocycles. The van der Waals surface area contributed by atoms with Gasteiger partial charge < -0.3 is 9.88 Å². The minimum absolute atomic E-state index is 0.0800. The van der Waals surface area contributed by atoms with Gasteiger partial charge in [-0.2, -0.15) is 0 Å². The number of thiophene rings is 1. The predicted molar refractivity (Wildman–Crippen MR) is 133 cm³/mol. The number of hydrogen-bond acceptors (Lipinski definition) is 5. The first-order chi connectivity index (χ1) is 14.9. The molecule has 0 radical (unpaired) electrons. The van der Waals surface area contributed by atoms with E-state index in [1.165, 1.54) is 33.3 Å². The van der Waals surface area contributed by atoms with E-state index < -0.39 is 0 Å². The van der Waals surface area contributed by atoms with E-state index in [9.17, 15) is 4.79 Å². The number of rotatable bonds is 6. The van der Waals surface area contributed by atoms with Crippen LogP contribution in [0.25, 0.3) is 22.5 Å². The molecule has 0 bridgehead atoms. The Hall–Kier alpha value is -2.42. The lowest BCUT2D eigenvalue weighted by Gasteiger charge is -2.08. The summed E-state index contributed by atoms with van der Waals surface area (Å²) in [6.45, 7) is 4.21. The molecule has 0 unspecified atom stereocenters. The molecule has 31 heavy (non-hydrogen) atoms. The molecule has 8 heteroatoms. The second-order valence-electron chi connectivity index (χ2n) is 7.16. The zero-order valence-corrected chi connectivity index (χ0v) is 20.6. The summed E-state index contributed by atoms with van der Waals surface area (Å²) in [5, 5.41) is 14.5. The number of hydrogen-bond donors (Lipinski definition) is 1. The van der Waals surface area contributed by atoms with Crippen LogP contribution in [0.2, 0.25) is 0 Å². The highest BCUT2D eigenvalue weighted by Gasteiger charge is 2.19. The Morgan fingerprint density at radius 3 is 2.52 bits per heavy atom. The third-order valence-corrected chi connectivity index (χ3v) is 7.31. The first-order valence-corrected chi connectivity index (χ1v) is 12.3. The highest BCUT2D eigenvalue weighted by molar-refractivity contribution is 9.10. The van der Waals surface area contributed by atoms with Gasteiger partial charge in [-0.25, -0.2) is 0 Å². The molecule has 4 aromatic rings. The Bertz CT molecular complexity index is 1210. The molecule has 1 N–H and O–H groups in total. The maximum absolute atomic E-state index is 12.3. The van der Waals surface area contributed by atoms with E-state index >= 15 is 0 Å². The molecular formula is C23H21BrN4OS2. The van der Waals surface area contributed by atoms with Gasteiger partial charge in [-0.15, -0.1) is 21.5 Å². The monoisotopic (exact) mass is 512 g/mol. The lowest BCUT2D eigenvalue weighted by Crippen LogP contribution is -2.14. The largest absolute Gasteiger partial charge is 0.325 e. The fourth-order valence-electron chi connectivity index (χ4n) is 3.23. The zero-order chi connectivity index (χ0) is 22.0. The molecule has 2 heterocycles. The molecule has 158 valence electrons. The number of carbonyl (C=O) groups excluding carboxylic acids is 1. The third kappa shape index (κ3) is 4.92. The van der Waals surface area contributed by atoms with E-state index in [2.05, 4.69) is 74.9 Å². The van der Waals surface area contributed by atoms with Crippen LogP contribution in [0.5, 0.6) is 0 Å². The summed E-state index contributed by atoms with van der Waals surface area (Å²) in [5.41, 5.74) is 5.42. The number of nitrogens with zero attached hydrogens (tertiary/aromatic N) is 3. The molecule has 0 saturated heterocycles. The molecule has 4 rings (SSSR count). The molecule has 0 aliphatic carbocycles. The SMILES string of the molecule is Cc1ccc(-c2c(-c3nnc(SCC(=O)Nc4ccc(Br)cc4)n3C)csc2C)cc1. The highest BCUT2D eigenvalue weighted by Crippen LogP contribution is 2.38. The first kappa shape index (κ1) is 21.8. The van der Waals surface area contributed by atoms with Crippen LogP contribution in [0.1, 0.15) is 10.4 Å². The average Bonchev–Trinajstić information content (AvgIpc) is 3.31. The van der Waals surface area contributed by atoms with Crippen molar-refractivity contribution in [3.63, 3.8) is 0 Å². The standard InChI is InChI=1S/C23H21BrN4OS2/c1-14-4-6-16(7-5-14)21-15(2)30-12-19(21)22-26-27-23(28(22)3)31-13-20(29)25-18-10-8-17(24)9-11-18/h4-12H,13H2,1-3H3,(H,25,29). The van der Waals surface area contributed by atoms with Crippen LogP contribution in [0.4, 0.5) is 5.69 Å². The smallest absolute Gasteiger partial charge is 0.234 e. The van der Waals surface area contributed by atoms with E-state index in [4.69, 9.17) is 0 Å². The second kappa shape index (κ2) is 9.38. The van der Waals surface area contributed by atoms with Gasteiger partial charge in [0.2, 0.25) is 5.91 Å². The van der Waals surface area contributed by atoms with Gasteiger partial charge in [0.1, 0.15) is 0 Å². The lowest BCUT2D eigenvalue weighted by atomic mass is 10.0. The number of anilines is 1. The van der Waals surface area contributed by atoms with Crippen molar-refractivity contribution in [1.82, 2.24) is 14.8 Å². The maximum Gasteiger partial charge on any atom is 0.234 e. The van der Waals surface area contributed by atoms with Crippen molar-refractivity contribution in [2.75, 3.05) is 11.1 Å². The van der Waals surface area contributed by atoms with Crippen LogP contribution in [-0.4, -0.2) is 26.4 Å². The van der Waals surface area contributed by atoms with Gasteiger partial charge >= 0.3 is 0 Å². The second-order valence-corrected chi connectivity index (χ2v) is 10.1. The minimum atomic E-state index is -0.0800. The molecular weight excluding hydrogens is 492 g/mol. The van der Waals surface area contributed by atoms with Crippen molar-refractivity contribution in [2.45, 2.75) is 19.0 Å². The van der Waals surface area contributed by atoms with Crippen molar-refractivity contribution in [3.8, 4) is 22.5 Å². The highest BCUT2D eigenvalue weighted by atomic mass is 79.9. The number of benzene rings is 2. The number of carbonyl (C=O) groups is 1. The molecule has 2 aromatic heterocycles. The van der Waals surface area contributed by atoms with Crippen molar-refractivity contribution in [2.24, 2.45) is 7.05 Å². The molecule has 2 aromatic carbocycles. The van der Waals surface area contributed by atoms with Crippen LogP contribution in [-0.2, 0) is 11.8 Å². The van der Waals surface area contributed by atoms with Crippen molar-refractivity contribution >= 4 is 50.6 Å². The van der Waals surface area contributed by atoms with Crippen LogP contribution >= 0.6 is 39.0 Å². The van der Waals surface area contributed by atoms with E-state index in [1.54, 1.807) is 11.3 Å². The molecule has 0 atom stereocenters. The zero-order valence-electron chi connectivity index (χ0n) is 17.3. The quantitative estimate of drug-likeness (QED) is 0.307. The Kier molecular flexibility index (Phi) is 6.60. The molecule has 0 spiro atoms. The van der Waals surface area contributed by atoms with Crippen molar-refractivity contribution in [3.05, 3.63) is 68.8 Å². The number of nitrogens with one attached hydrogen (secondary N) is 1. The summed E-state index contributed by atoms with van der Waals surface area (Å²) in [6, 6.07) is 16.0. The Balaban J connectivity index is 1.51. The fraction of sp³-hybridized carbons (Fsp3) is 0.174. The number of aromatic nitrogens is 3. The van der Waals surface area contributed by atoms with Gasteiger partial charge in [0.05, 0.1) is 5.75 Å². The lowest BCUT2D eigenvalue weighted by molar-refractivity contribution is -0.113. The topological polar surface area (TPSA) is 59.8 Å². The Labute approximate surface area is 198 Å².